The molecule has 0 amide bonds. The van der Waals surface area contributed by atoms with Crippen LogP contribution in [0.2, 0.25) is 0 Å². The summed E-state index contributed by atoms with van der Waals surface area (Å²) in [6, 6.07) is 0.347. The van der Waals surface area contributed by atoms with E-state index in [0.29, 0.717) is 31.0 Å². The zero-order valence-electron chi connectivity index (χ0n) is 12.6. The highest BCUT2D eigenvalue weighted by atomic mass is 16.5. The lowest BCUT2D eigenvalue weighted by molar-refractivity contribution is 0.0497. The summed E-state index contributed by atoms with van der Waals surface area (Å²) < 4.78 is 16.5. The van der Waals surface area contributed by atoms with Gasteiger partial charge in [-0.25, -0.2) is 0 Å². The zero-order chi connectivity index (χ0) is 14.4. The average molecular weight is 283 g/mol. The standard InChI is InChI=1S/C14H25N3O3/c1-4-7-15-12-6-8-18-9-11(12)14-16-13(17-20-14)10(3)19-5-2/h10-12,15H,4-9H2,1-3H3. The van der Waals surface area contributed by atoms with E-state index in [9.17, 15) is 0 Å². The van der Waals surface area contributed by atoms with Crippen molar-refractivity contribution in [1.29, 1.82) is 0 Å². The van der Waals surface area contributed by atoms with Crippen LogP contribution in [-0.4, -0.2) is 42.5 Å². The molecule has 0 saturated carbocycles. The second kappa shape index (κ2) is 7.71. The van der Waals surface area contributed by atoms with Gasteiger partial charge in [0.25, 0.3) is 0 Å². The normalized spacial score (nSPS) is 24.8. The Morgan fingerprint density at radius 1 is 1.45 bits per heavy atom. The van der Waals surface area contributed by atoms with Crippen molar-refractivity contribution in [3.63, 3.8) is 0 Å². The molecule has 1 aliphatic heterocycles. The minimum absolute atomic E-state index is 0.130. The average Bonchev–Trinajstić information content (AvgIpc) is 2.95. The number of hydrogen-bond donors (Lipinski definition) is 1. The van der Waals surface area contributed by atoms with Crippen LogP contribution in [0, 0.1) is 0 Å². The Morgan fingerprint density at radius 2 is 2.30 bits per heavy atom. The van der Waals surface area contributed by atoms with Gasteiger partial charge in [0.1, 0.15) is 6.10 Å². The van der Waals surface area contributed by atoms with Gasteiger partial charge in [0, 0.05) is 19.3 Å². The maximum Gasteiger partial charge on any atom is 0.233 e. The minimum Gasteiger partial charge on any atom is -0.381 e. The number of hydrogen-bond acceptors (Lipinski definition) is 6. The number of nitrogens with zero attached hydrogens (tertiary/aromatic N) is 2. The van der Waals surface area contributed by atoms with Crippen LogP contribution in [0.3, 0.4) is 0 Å². The first-order chi connectivity index (χ1) is 9.76. The van der Waals surface area contributed by atoms with Crippen LogP contribution in [0.25, 0.3) is 0 Å². The highest BCUT2D eigenvalue weighted by Gasteiger charge is 2.31. The van der Waals surface area contributed by atoms with Crippen LogP contribution in [-0.2, 0) is 9.47 Å². The number of rotatable bonds is 7. The van der Waals surface area contributed by atoms with Gasteiger partial charge in [0.2, 0.25) is 5.89 Å². The molecule has 0 spiro atoms. The summed E-state index contributed by atoms with van der Waals surface area (Å²) in [5.74, 6) is 1.40. The molecule has 2 rings (SSSR count). The van der Waals surface area contributed by atoms with Crippen LogP contribution in [0.5, 0.6) is 0 Å². The molecule has 3 unspecified atom stereocenters. The largest absolute Gasteiger partial charge is 0.381 e. The van der Waals surface area contributed by atoms with Crippen molar-refractivity contribution >= 4 is 0 Å². The van der Waals surface area contributed by atoms with Gasteiger partial charge in [-0.05, 0) is 33.2 Å². The van der Waals surface area contributed by atoms with E-state index >= 15 is 0 Å². The lowest BCUT2D eigenvalue weighted by atomic mass is 9.95. The third kappa shape index (κ3) is 3.77. The molecule has 0 radical (unpaired) electrons. The molecule has 20 heavy (non-hydrogen) atoms. The highest BCUT2D eigenvalue weighted by Crippen LogP contribution is 2.26. The summed E-state index contributed by atoms with van der Waals surface area (Å²) in [6.45, 7) is 9.10. The smallest absolute Gasteiger partial charge is 0.233 e. The van der Waals surface area contributed by atoms with Crippen molar-refractivity contribution in [2.24, 2.45) is 0 Å². The summed E-state index contributed by atoms with van der Waals surface area (Å²) >= 11 is 0. The zero-order valence-corrected chi connectivity index (χ0v) is 12.6. The number of ether oxygens (including phenoxy) is 2. The predicted octanol–water partition coefficient (Wildman–Crippen LogP) is 2.04. The van der Waals surface area contributed by atoms with Gasteiger partial charge in [-0.2, -0.15) is 4.98 Å². The SMILES string of the molecule is CCCNC1CCOCC1c1nc(C(C)OCC)no1. The van der Waals surface area contributed by atoms with E-state index in [1.54, 1.807) is 0 Å². The molecule has 2 heterocycles. The summed E-state index contributed by atoms with van der Waals surface area (Å²) in [5, 5.41) is 7.57. The van der Waals surface area contributed by atoms with Crippen LogP contribution in [0.15, 0.2) is 4.52 Å². The molecule has 1 fully saturated rings. The summed E-state index contributed by atoms with van der Waals surface area (Å²) in [5.41, 5.74) is 0. The van der Waals surface area contributed by atoms with E-state index in [2.05, 4.69) is 22.4 Å². The van der Waals surface area contributed by atoms with E-state index in [-0.39, 0.29) is 12.0 Å². The topological polar surface area (TPSA) is 69.4 Å². The van der Waals surface area contributed by atoms with Gasteiger partial charge >= 0.3 is 0 Å². The fraction of sp³-hybridized carbons (Fsp3) is 0.857. The van der Waals surface area contributed by atoms with Crippen molar-refractivity contribution < 1.29 is 14.0 Å². The fourth-order valence-electron chi connectivity index (χ4n) is 2.44. The minimum atomic E-state index is -0.135. The first-order valence-electron chi connectivity index (χ1n) is 7.52. The number of aromatic nitrogens is 2. The quantitative estimate of drug-likeness (QED) is 0.826. The van der Waals surface area contributed by atoms with Crippen LogP contribution < -0.4 is 5.32 Å². The summed E-state index contributed by atoms with van der Waals surface area (Å²) in [7, 11) is 0. The molecule has 1 aromatic heterocycles. The monoisotopic (exact) mass is 283 g/mol. The van der Waals surface area contributed by atoms with E-state index < -0.39 is 0 Å². The Kier molecular flexibility index (Phi) is 5.94. The Hall–Kier alpha value is -0.980. The predicted molar refractivity (Wildman–Crippen MR) is 74.6 cm³/mol. The Labute approximate surface area is 120 Å². The molecule has 3 atom stereocenters. The molecule has 1 N–H and O–H groups in total. The van der Waals surface area contributed by atoms with Gasteiger partial charge in [0.15, 0.2) is 5.82 Å². The molecule has 0 aliphatic carbocycles. The Balaban J connectivity index is 2.04. The van der Waals surface area contributed by atoms with E-state index in [4.69, 9.17) is 14.0 Å². The maximum absolute atomic E-state index is 5.56. The summed E-state index contributed by atoms with van der Waals surface area (Å²) in [4.78, 5) is 4.49. The fourth-order valence-corrected chi connectivity index (χ4v) is 2.44. The van der Waals surface area contributed by atoms with Crippen molar-refractivity contribution in [1.82, 2.24) is 15.5 Å². The van der Waals surface area contributed by atoms with Crippen LogP contribution in [0.1, 0.15) is 57.3 Å². The highest BCUT2D eigenvalue weighted by molar-refractivity contribution is 5.02. The van der Waals surface area contributed by atoms with Crippen molar-refractivity contribution in [2.45, 2.75) is 51.7 Å². The maximum atomic E-state index is 5.56. The van der Waals surface area contributed by atoms with Crippen LogP contribution in [0.4, 0.5) is 0 Å². The molecular weight excluding hydrogens is 258 g/mol. The molecule has 1 aromatic rings. The van der Waals surface area contributed by atoms with E-state index in [0.717, 1.165) is 26.0 Å². The molecule has 6 nitrogen and oxygen atoms in total. The third-order valence-electron chi connectivity index (χ3n) is 3.57. The van der Waals surface area contributed by atoms with E-state index in [1.165, 1.54) is 0 Å². The van der Waals surface area contributed by atoms with Crippen molar-refractivity contribution in [3.8, 4) is 0 Å². The van der Waals surface area contributed by atoms with Gasteiger partial charge in [-0.1, -0.05) is 12.1 Å². The molecule has 0 bridgehead atoms. The van der Waals surface area contributed by atoms with Crippen molar-refractivity contribution in [3.05, 3.63) is 11.7 Å². The second-order valence-corrected chi connectivity index (χ2v) is 5.12. The molecule has 0 aromatic carbocycles. The Bertz CT molecular complexity index is 397. The molecule has 1 aliphatic rings. The Morgan fingerprint density at radius 3 is 3.05 bits per heavy atom. The first-order valence-corrected chi connectivity index (χ1v) is 7.52. The molecule has 1 saturated heterocycles. The summed E-state index contributed by atoms with van der Waals surface area (Å²) in [6.07, 6.45) is 1.95. The lowest BCUT2D eigenvalue weighted by Crippen LogP contribution is -2.41. The first kappa shape index (κ1) is 15.4. The van der Waals surface area contributed by atoms with Gasteiger partial charge in [-0.15, -0.1) is 0 Å². The molecule has 6 heteroatoms. The third-order valence-corrected chi connectivity index (χ3v) is 3.57. The van der Waals surface area contributed by atoms with E-state index in [1.807, 2.05) is 13.8 Å². The molecular formula is C14H25N3O3. The van der Waals surface area contributed by atoms with Crippen LogP contribution >= 0.6 is 0 Å². The van der Waals surface area contributed by atoms with Gasteiger partial charge in [0.05, 0.1) is 12.5 Å². The second-order valence-electron chi connectivity index (χ2n) is 5.12. The van der Waals surface area contributed by atoms with Crippen molar-refractivity contribution in [2.75, 3.05) is 26.4 Å². The van der Waals surface area contributed by atoms with Gasteiger partial charge in [-0.3, -0.25) is 0 Å². The molecule has 114 valence electrons. The number of nitrogens with one attached hydrogen (secondary N) is 1. The lowest BCUT2D eigenvalue weighted by Gasteiger charge is -2.29. The van der Waals surface area contributed by atoms with Gasteiger partial charge < -0.3 is 19.3 Å².